The standard InChI is InChI=1S/C19H29N3O3.C2HF3O2/c1-24-11-10-22-15-19(17(14-25-2)18(22)23)5-8-21(9-6-19)13-16-4-3-7-20-12-16;3-2(4,5)1(6)7/h3-4,7,12,17H,5-6,8-11,13-15H2,1-2H3;(H,6,7). The number of carboxylic acid groups (broad SMARTS) is 1. The fourth-order valence-electron chi connectivity index (χ4n) is 4.27. The van der Waals surface area contributed by atoms with Crippen molar-refractivity contribution in [1.29, 1.82) is 0 Å². The maximum absolute atomic E-state index is 12.8. The maximum Gasteiger partial charge on any atom is 0.490 e. The molecule has 2 aliphatic heterocycles. The van der Waals surface area contributed by atoms with Crippen LogP contribution in [0.5, 0.6) is 0 Å². The third-order valence-electron chi connectivity index (χ3n) is 5.98. The maximum atomic E-state index is 12.8. The van der Waals surface area contributed by atoms with Gasteiger partial charge in [0, 0.05) is 51.7 Å². The van der Waals surface area contributed by atoms with Gasteiger partial charge in [0.15, 0.2) is 0 Å². The topological polar surface area (TPSA) is 92.2 Å². The van der Waals surface area contributed by atoms with Gasteiger partial charge in [-0.15, -0.1) is 0 Å². The quantitative estimate of drug-likeness (QED) is 0.665. The normalized spacial score (nSPS) is 20.8. The van der Waals surface area contributed by atoms with E-state index in [-0.39, 0.29) is 17.2 Å². The lowest BCUT2D eigenvalue weighted by atomic mass is 9.71. The summed E-state index contributed by atoms with van der Waals surface area (Å²) in [5.74, 6) is -2.54. The van der Waals surface area contributed by atoms with Gasteiger partial charge in [-0.3, -0.25) is 14.7 Å². The van der Waals surface area contributed by atoms with Crippen molar-refractivity contribution in [2.24, 2.45) is 11.3 Å². The van der Waals surface area contributed by atoms with E-state index in [0.717, 1.165) is 39.0 Å². The zero-order valence-electron chi connectivity index (χ0n) is 18.3. The van der Waals surface area contributed by atoms with Crippen LogP contribution in [0.15, 0.2) is 24.5 Å². The fourth-order valence-corrected chi connectivity index (χ4v) is 4.27. The van der Waals surface area contributed by atoms with Gasteiger partial charge in [0.05, 0.1) is 19.1 Å². The Balaban J connectivity index is 0.000000451. The molecule has 0 radical (unpaired) electrons. The smallest absolute Gasteiger partial charge is 0.475 e. The predicted octanol–water partition coefficient (Wildman–Crippen LogP) is 2.05. The van der Waals surface area contributed by atoms with E-state index in [4.69, 9.17) is 19.4 Å². The van der Waals surface area contributed by atoms with E-state index in [9.17, 15) is 18.0 Å². The summed E-state index contributed by atoms with van der Waals surface area (Å²) < 4.78 is 42.3. The zero-order chi connectivity index (χ0) is 23.8. The number of nitrogens with zero attached hydrogens (tertiary/aromatic N) is 3. The predicted molar refractivity (Wildman–Crippen MR) is 109 cm³/mol. The molecule has 3 rings (SSSR count). The van der Waals surface area contributed by atoms with Crippen LogP contribution in [0.4, 0.5) is 13.2 Å². The van der Waals surface area contributed by atoms with E-state index in [1.807, 2.05) is 23.4 Å². The van der Waals surface area contributed by atoms with Crippen LogP contribution in [0.1, 0.15) is 18.4 Å². The zero-order valence-corrected chi connectivity index (χ0v) is 18.3. The van der Waals surface area contributed by atoms with Gasteiger partial charge >= 0.3 is 12.1 Å². The molecule has 0 bridgehead atoms. The summed E-state index contributed by atoms with van der Waals surface area (Å²) in [6.07, 6.45) is 0.736. The summed E-state index contributed by atoms with van der Waals surface area (Å²) >= 11 is 0. The summed E-state index contributed by atoms with van der Waals surface area (Å²) in [6.45, 7) is 5.58. The first kappa shape index (κ1) is 26.0. The SMILES string of the molecule is COCCN1CC2(CCN(Cc3cccnc3)CC2)C(COC)C1=O.O=C(O)C(F)(F)F. The molecule has 2 fully saturated rings. The van der Waals surface area contributed by atoms with Gasteiger partial charge < -0.3 is 19.5 Å². The molecule has 1 amide bonds. The lowest BCUT2D eigenvalue weighted by Crippen LogP contribution is -2.45. The number of halogens is 3. The van der Waals surface area contributed by atoms with E-state index in [2.05, 4.69) is 16.0 Å². The first-order chi connectivity index (χ1) is 15.1. The van der Waals surface area contributed by atoms with Gasteiger partial charge in [-0.25, -0.2) is 4.79 Å². The Bertz CT molecular complexity index is 740. The van der Waals surface area contributed by atoms with E-state index < -0.39 is 12.1 Å². The Morgan fingerprint density at radius 3 is 2.44 bits per heavy atom. The molecular formula is C21H30F3N3O5. The number of carbonyl (C=O) groups is 2. The molecule has 11 heteroatoms. The lowest BCUT2D eigenvalue weighted by molar-refractivity contribution is -0.192. The number of hydrogen-bond acceptors (Lipinski definition) is 6. The van der Waals surface area contributed by atoms with Crippen LogP contribution in [0.2, 0.25) is 0 Å². The second kappa shape index (κ2) is 11.6. The Labute approximate surface area is 185 Å². The van der Waals surface area contributed by atoms with Crippen molar-refractivity contribution in [3.8, 4) is 0 Å². The van der Waals surface area contributed by atoms with Gasteiger partial charge in [0.2, 0.25) is 5.91 Å². The number of rotatable bonds is 7. The van der Waals surface area contributed by atoms with Crippen LogP contribution in [-0.4, -0.2) is 91.6 Å². The van der Waals surface area contributed by atoms with E-state index in [1.54, 1.807) is 14.2 Å². The number of pyridine rings is 1. The minimum atomic E-state index is -5.08. The fraction of sp³-hybridized carbons (Fsp3) is 0.667. The number of aliphatic carboxylic acids is 1. The summed E-state index contributed by atoms with van der Waals surface area (Å²) in [5.41, 5.74) is 1.29. The van der Waals surface area contributed by atoms with Gasteiger partial charge in [0.1, 0.15) is 0 Å². The van der Waals surface area contributed by atoms with Crippen molar-refractivity contribution < 1.29 is 37.3 Å². The van der Waals surface area contributed by atoms with Crippen LogP contribution in [0, 0.1) is 11.3 Å². The van der Waals surface area contributed by atoms with Crippen LogP contribution < -0.4 is 0 Å². The molecular weight excluding hydrogens is 431 g/mol. The van der Waals surface area contributed by atoms with E-state index in [0.29, 0.717) is 19.8 Å². The van der Waals surface area contributed by atoms with E-state index in [1.165, 1.54) is 5.56 Å². The highest BCUT2D eigenvalue weighted by molar-refractivity contribution is 5.82. The highest BCUT2D eigenvalue weighted by Gasteiger charge is 2.52. The highest BCUT2D eigenvalue weighted by Crippen LogP contribution is 2.45. The van der Waals surface area contributed by atoms with Gasteiger partial charge in [-0.05, 0) is 37.6 Å². The summed E-state index contributed by atoms with van der Waals surface area (Å²) in [4.78, 5) is 30.4. The van der Waals surface area contributed by atoms with Crippen LogP contribution in [0.25, 0.3) is 0 Å². The first-order valence-electron chi connectivity index (χ1n) is 10.3. The Kier molecular flexibility index (Phi) is 9.41. The monoisotopic (exact) mass is 461 g/mol. The summed E-state index contributed by atoms with van der Waals surface area (Å²) in [6, 6.07) is 4.11. The largest absolute Gasteiger partial charge is 0.490 e. The van der Waals surface area contributed by atoms with Crippen LogP contribution in [0.3, 0.4) is 0 Å². The number of alkyl halides is 3. The van der Waals surface area contributed by atoms with Gasteiger partial charge in [-0.1, -0.05) is 6.07 Å². The minimum absolute atomic E-state index is 0.0186. The molecule has 1 aromatic heterocycles. The number of methoxy groups -OCH3 is 2. The molecule has 0 aromatic carbocycles. The number of ether oxygens (including phenoxy) is 2. The van der Waals surface area contributed by atoms with E-state index >= 15 is 0 Å². The average Bonchev–Trinajstić information content (AvgIpc) is 3.00. The molecule has 1 unspecified atom stereocenters. The molecule has 1 aromatic rings. The highest BCUT2D eigenvalue weighted by atomic mass is 19.4. The molecule has 0 aliphatic carbocycles. The molecule has 0 saturated carbocycles. The number of aromatic nitrogens is 1. The second-order valence-corrected chi connectivity index (χ2v) is 8.06. The summed E-state index contributed by atoms with van der Waals surface area (Å²) in [7, 11) is 3.37. The molecule has 8 nitrogen and oxygen atoms in total. The molecule has 2 saturated heterocycles. The van der Waals surface area contributed by atoms with Gasteiger partial charge in [0.25, 0.3) is 0 Å². The first-order valence-corrected chi connectivity index (χ1v) is 10.3. The molecule has 1 atom stereocenters. The van der Waals surface area contributed by atoms with Crippen molar-refractivity contribution in [3.63, 3.8) is 0 Å². The molecule has 2 aliphatic rings. The van der Waals surface area contributed by atoms with Crippen molar-refractivity contribution >= 4 is 11.9 Å². The molecule has 3 heterocycles. The Hall–Kier alpha value is -2.24. The number of hydrogen-bond donors (Lipinski definition) is 1. The van der Waals surface area contributed by atoms with Crippen LogP contribution >= 0.6 is 0 Å². The van der Waals surface area contributed by atoms with Crippen LogP contribution in [-0.2, 0) is 25.6 Å². The lowest BCUT2D eigenvalue weighted by Gasteiger charge is -2.41. The number of carbonyl (C=O) groups excluding carboxylic acids is 1. The van der Waals surface area contributed by atoms with Crippen molar-refractivity contribution in [1.82, 2.24) is 14.8 Å². The number of amides is 1. The number of likely N-dealkylation sites (tertiary alicyclic amines) is 2. The minimum Gasteiger partial charge on any atom is -0.475 e. The van der Waals surface area contributed by atoms with Crippen molar-refractivity contribution in [2.45, 2.75) is 25.6 Å². The summed E-state index contributed by atoms with van der Waals surface area (Å²) in [5, 5.41) is 7.12. The third kappa shape index (κ3) is 6.88. The second-order valence-electron chi connectivity index (χ2n) is 8.06. The average molecular weight is 461 g/mol. The Morgan fingerprint density at radius 1 is 1.28 bits per heavy atom. The van der Waals surface area contributed by atoms with Gasteiger partial charge in [-0.2, -0.15) is 13.2 Å². The molecule has 180 valence electrons. The molecule has 32 heavy (non-hydrogen) atoms. The van der Waals surface area contributed by atoms with Crippen molar-refractivity contribution in [3.05, 3.63) is 30.1 Å². The number of piperidine rings is 1. The Morgan fingerprint density at radius 2 is 1.94 bits per heavy atom. The molecule has 1 spiro atoms. The molecule has 1 N–H and O–H groups in total. The number of carboxylic acids is 1. The third-order valence-corrected chi connectivity index (χ3v) is 5.98. The van der Waals surface area contributed by atoms with Crippen molar-refractivity contribution in [2.75, 3.05) is 53.6 Å².